The van der Waals surface area contributed by atoms with Crippen molar-refractivity contribution in [3.63, 3.8) is 0 Å². The van der Waals surface area contributed by atoms with Gasteiger partial charge in [0.05, 0.1) is 6.26 Å². The molecule has 10 heteroatoms. The summed E-state index contributed by atoms with van der Waals surface area (Å²) in [6.45, 7) is 4.23. The molecule has 1 saturated heterocycles. The molecule has 0 aromatic carbocycles. The lowest BCUT2D eigenvalue weighted by Gasteiger charge is -2.25. The molecule has 0 unspecified atom stereocenters. The molecule has 1 aromatic heterocycles. The third-order valence-corrected chi connectivity index (χ3v) is 4.72. The number of imide groups is 1. The minimum Gasteiger partial charge on any atom is -0.466 e. The Bertz CT molecular complexity index is 676. The van der Waals surface area contributed by atoms with Gasteiger partial charge in [0.1, 0.15) is 17.2 Å². The van der Waals surface area contributed by atoms with Crippen molar-refractivity contribution in [3.8, 4) is 0 Å². The Hall–Kier alpha value is -2.49. The molecular formula is C16H21N3O6S. The van der Waals surface area contributed by atoms with Crippen LogP contribution in [0.4, 0.5) is 4.79 Å². The van der Waals surface area contributed by atoms with Gasteiger partial charge in [0.15, 0.2) is 6.61 Å². The smallest absolute Gasteiger partial charge is 0.330 e. The van der Waals surface area contributed by atoms with Crippen molar-refractivity contribution in [3.05, 3.63) is 24.2 Å². The van der Waals surface area contributed by atoms with E-state index in [1.165, 1.54) is 29.8 Å². The number of esters is 1. The molecule has 1 aliphatic rings. The SMILES string of the molecule is CC(=O)N1[C@@H](c2ccco2)SC[C@H]1C(=O)OCC(=O)NC(=O)NC(C)C. The lowest BCUT2D eigenvalue weighted by molar-refractivity contribution is -0.156. The Morgan fingerprint density at radius 3 is 2.69 bits per heavy atom. The number of nitrogens with zero attached hydrogens (tertiary/aromatic N) is 1. The van der Waals surface area contributed by atoms with Gasteiger partial charge in [-0.25, -0.2) is 9.59 Å². The minimum absolute atomic E-state index is 0.136. The number of hydrogen-bond acceptors (Lipinski definition) is 7. The van der Waals surface area contributed by atoms with E-state index in [4.69, 9.17) is 9.15 Å². The van der Waals surface area contributed by atoms with Crippen molar-refractivity contribution in [2.45, 2.75) is 38.2 Å². The summed E-state index contributed by atoms with van der Waals surface area (Å²) in [7, 11) is 0. The number of hydrogen-bond donors (Lipinski definition) is 2. The topological polar surface area (TPSA) is 118 Å². The average molecular weight is 383 g/mol. The molecule has 142 valence electrons. The number of rotatable bonds is 5. The van der Waals surface area contributed by atoms with Crippen LogP contribution in [0, 0.1) is 0 Å². The molecule has 26 heavy (non-hydrogen) atoms. The van der Waals surface area contributed by atoms with Crippen LogP contribution in [-0.4, -0.2) is 53.2 Å². The molecule has 0 spiro atoms. The first-order valence-corrected chi connectivity index (χ1v) is 9.05. The molecule has 0 bridgehead atoms. The second-order valence-corrected chi connectivity index (χ2v) is 7.04. The maximum Gasteiger partial charge on any atom is 0.330 e. The van der Waals surface area contributed by atoms with Gasteiger partial charge in [-0.3, -0.25) is 14.9 Å². The van der Waals surface area contributed by atoms with Crippen LogP contribution in [-0.2, 0) is 19.1 Å². The highest BCUT2D eigenvalue weighted by Gasteiger charge is 2.43. The first-order valence-electron chi connectivity index (χ1n) is 8.00. The quantitative estimate of drug-likeness (QED) is 0.729. The fourth-order valence-corrected chi connectivity index (χ4v) is 3.83. The molecule has 2 rings (SSSR count). The maximum absolute atomic E-state index is 12.3. The molecule has 9 nitrogen and oxygen atoms in total. The summed E-state index contributed by atoms with van der Waals surface area (Å²) in [6, 6.07) is 1.79. The van der Waals surface area contributed by atoms with Crippen molar-refractivity contribution in [2.24, 2.45) is 0 Å². The van der Waals surface area contributed by atoms with E-state index in [0.717, 1.165) is 0 Å². The van der Waals surface area contributed by atoms with E-state index in [1.807, 2.05) is 0 Å². The molecule has 2 heterocycles. The Kier molecular flexibility index (Phi) is 6.67. The summed E-state index contributed by atoms with van der Waals surface area (Å²) in [6.07, 6.45) is 1.49. The second-order valence-electron chi connectivity index (χ2n) is 5.93. The van der Waals surface area contributed by atoms with Crippen molar-refractivity contribution in [2.75, 3.05) is 12.4 Å². The van der Waals surface area contributed by atoms with Gasteiger partial charge < -0.3 is 19.4 Å². The van der Waals surface area contributed by atoms with Gasteiger partial charge in [0, 0.05) is 18.7 Å². The normalized spacial score (nSPS) is 19.3. The van der Waals surface area contributed by atoms with E-state index in [2.05, 4.69) is 10.6 Å². The molecule has 1 fully saturated rings. The van der Waals surface area contributed by atoms with Crippen molar-refractivity contribution in [1.29, 1.82) is 0 Å². The Balaban J connectivity index is 1.91. The molecule has 0 radical (unpaired) electrons. The number of carbonyl (C=O) groups excluding carboxylic acids is 4. The Labute approximate surface area is 154 Å². The predicted molar refractivity (Wildman–Crippen MR) is 93.0 cm³/mol. The third kappa shape index (κ3) is 5.01. The number of carbonyl (C=O) groups is 4. The highest BCUT2D eigenvalue weighted by molar-refractivity contribution is 7.99. The van der Waals surface area contributed by atoms with E-state index < -0.39 is 35.9 Å². The van der Waals surface area contributed by atoms with Crippen LogP contribution in [0.5, 0.6) is 0 Å². The van der Waals surface area contributed by atoms with Crippen LogP contribution in [0.2, 0.25) is 0 Å². The van der Waals surface area contributed by atoms with E-state index in [-0.39, 0.29) is 11.9 Å². The van der Waals surface area contributed by atoms with Gasteiger partial charge in [0.25, 0.3) is 5.91 Å². The molecular weight excluding hydrogens is 362 g/mol. The fourth-order valence-electron chi connectivity index (χ4n) is 2.42. The Morgan fingerprint density at radius 2 is 2.12 bits per heavy atom. The molecule has 2 atom stereocenters. The summed E-state index contributed by atoms with van der Waals surface area (Å²) in [4.78, 5) is 48.8. The largest absolute Gasteiger partial charge is 0.466 e. The van der Waals surface area contributed by atoms with Crippen molar-refractivity contribution < 1.29 is 28.3 Å². The summed E-state index contributed by atoms with van der Waals surface area (Å²) in [5.41, 5.74) is 0. The predicted octanol–water partition coefficient (Wildman–Crippen LogP) is 1.02. The highest BCUT2D eigenvalue weighted by Crippen LogP contribution is 2.41. The summed E-state index contributed by atoms with van der Waals surface area (Å²) >= 11 is 1.37. The highest BCUT2D eigenvalue weighted by atomic mass is 32.2. The minimum atomic E-state index is -0.829. The van der Waals surface area contributed by atoms with Crippen LogP contribution in [0.1, 0.15) is 31.9 Å². The van der Waals surface area contributed by atoms with Crippen LogP contribution >= 0.6 is 11.8 Å². The zero-order valence-corrected chi connectivity index (χ0v) is 15.5. The van der Waals surface area contributed by atoms with Gasteiger partial charge in [-0.2, -0.15) is 0 Å². The molecule has 2 N–H and O–H groups in total. The summed E-state index contributed by atoms with van der Waals surface area (Å²) < 4.78 is 10.3. The van der Waals surface area contributed by atoms with Gasteiger partial charge in [-0.05, 0) is 26.0 Å². The number of amides is 4. The average Bonchev–Trinajstić information content (AvgIpc) is 3.20. The zero-order chi connectivity index (χ0) is 19.3. The van der Waals surface area contributed by atoms with Crippen molar-refractivity contribution in [1.82, 2.24) is 15.5 Å². The summed E-state index contributed by atoms with van der Waals surface area (Å²) in [5, 5.41) is 4.11. The van der Waals surface area contributed by atoms with Crippen LogP contribution in [0.15, 0.2) is 22.8 Å². The van der Waals surface area contributed by atoms with E-state index in [0.29, 0.717) is 11.5 Å². The van der Waals surface area contributed by atoms with Crippen LogP contribution < -0.4 is 10.6 Å². The summed E-state index contributed by atoms with van der Waals surface area (Å²) in [5.74, 6) is -0.887. The maximum atomic E-state index is 12.3. The van der Waals surface area contributed by atoms with E-state index in [1.54, 1.807) is 26.0 Å². The van der Waals surface area contributed by atoms with E-state index >= 15 is 0 Å². The van der Waals surface area contributed by atoms with Gasteiger partial charge >= 0.3 is 12.0 Å². The number of ether oxygens (including phenoxy) is 1. The van der Waals surface area contributed by atoms with Crippen LogP contribution in [0.25, 0.3) is 0 Å². The molecule has 1 aliphatic heterocycles. The number of urea groups is 1. The van der Waals surface area contributed by atoms with E-state index in [9.17, 15) is 19.2 Å². The fraction of sp³-hybridized carbons (Fsp3) is 0.500. The lowest BCUT2D eigenvalue weighted by Crippen LogP contribution is -2.46. The molecule has 1 aromatic rings. The third-order valence-electron chi connectivity index (χ3n) is 3.44. The van der Waals surface area contributed by atoms with Crippen LogP contribution in [0.3, 0.4) is 0 Å². The molecule has 4 amide bonds. The number of nitrogens with one attached hydrogen (secondary N) is 2. The standard InChI is InChI=1S/C16H21N3O6S/c1-9(2)17-16(23)18-13(21)7-25-15(22)11-8-26-14(19(11)10(3)20)12-5-4-6-24-12/h4-6,9,11,14H,7-8H2,1-3H3,(H2,17,18,21,23)/t11-,14+/m0/s1. The molecule has 0 aliphatic carbocycles. The van der Waals surface area contributed by atoms with Crippen molar-refractivity contribution >= 4 is 35.6 Å². The zero-order valence-electron chi connectivity index (χ0n) is 14.7. The first-order chi connectivity index (χ1) is 12.3. The van der Waals surface area contributed by atoms with Gasteiger partial charge in [-0.1, -0.05) is 0 Å². The lowest BCUT2D eigenvalue weighted by atomic mass is 10.2. The number of furan rings is 1. The van der Waals surface area contributed by atoms with Gasteiger partial charge in [0.2, 0.25) is 5.91 Å². The first kappa shape index (κ1) is 19.8. The number of thioether (sulfide) groups is 1. The monoisotopic (exact) mass is 383 g/mol. The second kappa shape index (κ2) is 8.75. The van der Waals surface area contributed by atoms with Gasteiger partial charge in [-0.15, -0.1) is 11.8 Å². The Morgan fingerprint density at radius 1 is 1.38 bits per heavy atom. The molecule has 0 saturated carbocycles.